The number of fused-ring (bicyclic) bond motifs is 5. The number of phenols is 1. The molecule has 0 fully saturated rings. The fraction of sp³-hybridized carbons (Fsp3) is 0.158. The summed E-state index contributed by atoms with van der Waals surface area (Å²) in [5, 5.41) is 12.8. The summed E-state index contributed by atoms with van der Waals surface area (Å²) < 4.78 is 41.3. The molecule has 2 N–H and O–H groups in total. The van der Waals surface area contributed by atoms with E-state index < -0.39 is 27.2 Å². The van der Waals surface area contributed by atoms with Crippen LogP contribution >= 0.6 is 11.6 Å². The number of Topliss-reactive ketones (excluding diaryl/α,β-unsaturated/α-hetero) is 1. The van der Waals surface area contributed by atoms with Gasteiger partial charge in [-0.05, 0) is 64.4 Å². The number of esters is 1. The number of aromatic nitrogens is 2. The molecule has 1 aliphatic rings. The number of carbonyl (C=O) groups is 2. The van der Waals surface area contributed by atoms with E-state index in [4.69, 9.17) is 16.3 Å². The molecule has 1 aliphatic carbocycles. The molecule has 6 aromatic rings. The third-order valence-electron chi connectivity index (χ3n) is 8.64. The molecule has 0 spiro atoms. The van der Waals surface area contributed by atoms with Crippen LogP contribution in [0.1, 0.15) is 50.2 Å². The number of carbonyl (C=O) groups excluding carboxylic acids is 2. The Morgan fingerprint density at radius 2 is 1.49 bits per heavy atom. The lowest BCUT2D eigenvalue weighted by atomic mass is 9.69. The van der Waals surface area contributed by atoms with Gasteiger partial charge in [-0.15, -0.1) is 0 Å². The van der Waals surface area contributed by atoms with E-state index in [2.05, 4.69) is 9.97 Å². The number of ether oxygens (including phenoxy) is 1. The largest absolute Gasteiger partial charge is 0.507 e. The van der Waals surface area contributed by atoms with E-state index in [9.17, 15) is 27.7 Å². The second-order valence-electron chi connectivity index (χ2n) is 11.6. The highest BCUT2D eigenvalue weighted by molar-refractivity contribution is 7.86. The number of benzene rings is 5. The first-order chi connectivity index (χ1) is 23.6. The average Bonchev–Trinajstić information content (AvgIpc) is 3.10. The number of nitrogens with zero attached hydrogens (tertiary/aromatic N) is 2. The lowest BCUT2D eigenvalue weighted by Crippen LogP contribution is -2.45. The summed E-state index contributed by atoms with van der Waals surface area (Å²) >= 11 is 6.14. The van der Waals surface area contributed by atoms with Gasteiger partial charge >= 0.3 is 5.97 Å². The lowest BCUT2D eigenvalue weighted by Gasteiger charge is -2.38. The predicted molar refractivity (Wildman–Crippen MR) is 188 cm³/mol. The topological polar surface area (TPSA) is 144 Å². The van der Waals surface area contributed by atoms with Crippen molar-refractivity contribution >= 4 is 55.0 Å². The number of hydrogen-bond donors (Lipinski definition) is 2. The second-order valence-corrected chi connectivity index (χ2v) is 13.6. The smallest absolute Gasteiger partial charge is 0.341 e. The van der Waals surface area contributed by atoms with Crippen molar-refractivity contribution in [1.82, 2.24) is 9.97 Å². The summed E-state index contributed by atoms with van der Waals surface area (Å²) in [6.07, 6.45) is 4.34. The first-order valence-corrected chi connectivity index (χ1v) is 17.4. The zero-order valence-corrected chi connectivity index (χ0v) is 27.8. The van der Waals surface area contributed by atoms with Crippen molar-refractivity contribution in [2.75, 3.05) is 6.61 Å². The molecule has 248 valence electrons. The highest BCUT2D eigenvalue weighted by atomic mass is 35.5. The first kappa shape index (κ1) is 33.7. The van der Waals surface area contributed by atoms with Gasteiger partial charge in [0, 0.05) is 40.2 Å². The van der Waals surface area contributed by atoms with E-state index in [1.54, 1.807) is 43.3 Å². The lowest BCUT2D eigenvalue weighted by molar-refractivity contribution is 0.0525. The maximum absolute atomic E-state index is 14.3. The number of phenolic OH excluding ortho intramolecular Hbond substituents is 1. The van der Waals surface area contributed by atoms with Crippen LogP contribution in [0.4, 0.5) is 0 Å². The van der Waals surface area contributed by atoms with Gasteiger partial charge in [0.25, 0.3) is 10.1 Å². The number of rotatable bonds is 6. The van der Waals surface area contributed by atoms with Gasteiger partial charge in [-0.25, -0.2) is 14.8 Å². The van der Waals surface area contributed by atoms with E-state index in [0.717, 1.165) is 16.3 Å². The zero-order chi connectivity index (χ0) is 34.7. The van der Waals surface area contributed by atoms with Crippen molar-refractivity contribution in [1.29, 1.82) is 0 Å². The molecular formula is C38H31ClN2O7S. The maximum Gasteiger partial charge on any atom is 0.341 e. The van der Waals surface area contributed by atoms with Crippen LogP contribution < -0.4 is 0 Å². The Kier molecular flexibility index (Phi) is 9.73. The van der Waals surface area contributed by atoms with Crippen LogP contribution in [0.2, 0.25) is 5.02 Å². The van der Waals surface area contributed by atoms with Gasteiger partial charge in [-0.1, -0.05) is 90.5 Å². The number of halogens is 1. The zero-order valence-electron chi connectivity index (χ0n) is 26.2. The van der Waals surface area contributed by atoms with Crippen LogP contribution in [0.5, 0.6) is 5.75 Å². The fourth-order valence-electron chi connectivity index (χ4n) is 6.57. The van der Waals surface area contributed by atoms with E-state index in [-0.39, 0.29) is 23.9 Å². The van der Waals surface area contributed by atoms with Crippen molar-refractivity contribution in [3.8, 4) is 5.75 Å². The summed E-state index contributed by atoms with van der Waals surface area (Å²) in [6.45, 7) is 2.12. The third-order valence-corrected chi connectivity index (χ3v) is 10.2. The molecule has 0 radical (unpaired) electrons. The molecule has 0 saturated carbocycles. The van der Waals surface area contributed by atoms with Gasteiger partial charge in [-0.2, -0.15) is 8.42 Å². The minimum atomic E-state index is -4.68. The number of aromatic hydroxyl groups is 1. The normalized spacial score (nSPS) is 17.2. The molecule has 9 nitrogen and oxygen atoms in total. The van der Waals surface area contributed by atoms with E-state index in [1.165, 1.54) is 18.7 Å². The SMILES string of the molecule is CCOC(=O)c1cncnc1.O=C1c2c(ccc3c2cc(O)c2ccccc23)C(c2ccc(Cl)cc2)C(S(=O)(=O)O)C1Cc1ccccc1. The Bertz CT molecular complexity index is 2270. The maximum atomic E-state index is 14.3. The number of hydrogen-bond acceptors (Lipinski definition) is 8. The molecule has 0 bridgehead atoms. The summed E-state index contributed by atoms with van der Waals surface area (Å²) in [4.78, 5) is 32.6. The molecule has 5 aromatic carbocycles. The summed E-state index contributed by atoms with van der Waals surface area (Å²) in [5.74, 6) is -2.61. The van der Waals surface area contributed by atoms with Gasteiger partial charge in [0.2, 0.25) is 0 Å². The van der Waals surface area contributed by atoms with Crippen LogP contribution in [-0.4, -0.2) is 51.7 Å². The minimum absolute atomic E-state index is 0.0360. The van der Waals surface area contributed by atoms with Crippen molar-refractivity contribution in [3.05, 3.63) is 149 Å². The van der Waals surface area contributed by atoms with Gasteiger partial charge in [0.1, 0.15) is 17.3 Å². The molecule has 11 heteroatoms. The highest BCUT2D eigenvalue weighted by Crippen LogP contribution is 2.47. The third kappa shape index (κ3) is 6.89. The average molecular weight is 695 g/mol. The van der Waals surface area contributed by atoms with Crippen molar-refractivity contribution in [2.45, 2.75) is 24.5 Å². The molecule has 7 rings (SSSR count). The molecule has 0 saturated heterocycles. The molecule has 3 atom stereocenters. The second kappa shape index (κ2) is 14.1. The molecule has 0 aliphatic heterocycles. The van der Waals surface area contributed by atoms with Crippen LogP contribution in [-0.2, 0) is 21.3 Å². The van der Waals surface area contributed by atoms with Crippen LogP contribution in [0, 0.1) is 5.92 Å². The van der Waals surface area contributed by atoms with Crippen LogP contribution in [0.3, 0.4) is 0 Å². The Balaban J connectivity index is 0.000000324. The Morgan fingerprint density at radius 1 is 0.857 bits per heavy atom. The standard InChI is InChI=1S/C31H23ClO5S.C7H8N2O2/c32-20-12-10-19(11-13-20)28-24-15-14-22-21-8-4-5-9-23(21)27(33)17-25(22)29(24)30(34)26(31(28)38(35,36)37)16-18-6-2-1-3-7-18;1-2-11-7(10)6-3-8-5-9-4-6/h1-15,17,26,28,31,33H,16H2,(H,35,36,37);3-5H,2H2,1H3. The van der Waals surface area contributed by atoms with E-state index in [0.29, 0.717) is 44.7 Å². The van der Waals surface area contributed by atoms with Gasteiger partial charge in [0.15, 0.2) is 5.78 Å². The molecule has 49 heavy (non-hydrogen) atoms. The predicted octanol–water partition coefficient (Wildman–Crippen LogP) is 7.45. The van der Waals surface area contributed by atoms with Crippen LogP contribution in [0.25, 0.3) is 21.5 Å². The summed E-state index contributed by atoms with van der Waals surface area (Å²) in [7, 11) is -4.68. The molecular weight excluding hydrogens is 664 g/mol. The van der Waals surface area contributed by atoms with Gasteiger partial charge in [-0.3, -0.25) is 9.35 Å². The summed E-state index contributed by atoms with van der Waals surface area (Å²) in [6, 6.07) is 28.6. The molecule has 1 heterocycles. The Morgan fingerprint density at radius 3 is 2.14 bits per heavy atom. The molecule has 3 unspecified atom stereocenters. The van der Waals surface area contributed by atoms with Crippen LogP contribution in [0.15, 0.2) is 116 Å². The molecule has 0 amide bonds. The minimum Gasteiger partial charge on any atom is -0.507 e. The quantitative estimate of drug-likeness (QED) is 0.103. The van der Waals surface area contributed by atoms with Crippen molar-refractivity contribution < 1.29 is 32.4 Å². The first-order valence-electron chi connectivity index (χ1n) is 15.5. The van der Waals surface area contributed by atoms with Gasteiger partial charge < -0.3 is 9.84 Å². The summed E-state index contributed by atoms with van der Waals surface area (Å²) in [5.41, 5.74) is 2.64. The molecule has 1 aromatic heterocycles. The Hall–Kier alpha value is -5.16. The number of ketones is 1. The fourth-order valence-corrected chi connectivity index (χ4v) is 7.98. The Labute approximate surface area is 287 Å². The van der Waals surface area contributed by atoms with E-state index in [1.807, 2.05) is 60.7 Å². The van der Waals surface area contributed by atoms with E-state index >= 15 is 0 Å². The van der Waals surface area contributed by atoms with Crippen molar-refractivity contribution in [3.63, 3.8) is 0 Å². The van der Waals surface area contributed by atoms with Crippen molar-refractivity contribution in [2.24, 2.45) is 5.92 Å². The monoisotopic (exact) mass is 694 g/mol. The highest BCUT2D eigenvalue weighted by Gasteiger charge is 2.49. The van der Waals surface area contributed by atoms with Gasteiger partial charge in [0.05, 0.1) is 12.2 Å².